The maximum atomic E-state index is 11.3. The van der Waals surface area contributed by atoms with Gasteiger partial charge in [0.15, 0.2) is 11.7 Å². The summed E-state index contributed by atoms with van der Waals surface area (Å²) in [6.45, 7) is 2.88. The summed E-state index contributed by atoms with van der Waals surface area (Å²) in [5.74, 6) is -1.33. The first-order chi connectivity index (χ1) is 14.9. The van der Waals surface area contributed by atoms with Crippen LogP contribution in [0.1, 0.15) is 18.1 Å². The number of nitrogens with one attached hydrogen (secondary N) is 1. The first-order valence-electron chi connectivity index (χ1n) is 9.62. The van der Waals surface area contributed by atoms with Gasteiger partial charge in [-0.3, -0.25) is 0 Å². The lowest BCUT2D eigenvalue weighted by Gasteiger charge is -2.35. The molecule has 0 aliphatic carbocycles. The van der Waals surface area contributed by atoms with Gasteiger partial charge in [-0.05, 0) is 36.2 Å². The molecule has 0 aliphatic rings. The van der Waals surface area contributed by atoms with Gasteiger partial charge in [-0.25, -0.2) is 4.79 Å². The molecule has 0 spiro atoms. The summed E-state index contributed by atoms with van der Waals surface area (Å²) in [5.41, 5.74) is 0.666. The van der Waals surface area contributed by atoms with E-state index in [1.54, 1.807) is 54.6 Å². The number of carbonyl (C=O) groups is 1. The van der Waals surface area contributed by atoms with E-state index >= 15 is 0 Å². The molecular formula is C24H25Cl2NO4. The van der Waals surface area contributed by atoms with Crippen LogP contribution in [0.3, 0.4) is 0 Å². The molecule has 0 aliphatic heterocycles. The Morgan fingerprint density at radius 1 is 1.00 bits per heavy atom. The molecule has 0 unspecified atom stereocenters. The van der Waals surface area contributed by atoms with E-state index in [4.69, 9.17) is 27.9 Å². The van der Waals surface area contributed by atoms with Crippen molar-refractivity contribution >= 4 is 34.9 Å². The molecule has 0 radical (unpaired) electrons. The van der Waals surface area contributed by atoms with E-state index < -0.39 is 17.7 Å². The molecule has 31 heavy (non-hydrogen) atoms. The molecule has 7 heteroatoms. The van der Waals surface area contributed by atoms with Gasteiger partial charge in [0, 0.05) is 18.7 Å². The third kappa shape index (κ3) is 5.99. The first kappa shape index (κ1) is 24.7. The Bertz CT molecular complexity index is 928. The lowest BCUT2D eigenvalue weighted by atomic mass is 9.81. The summed E-state index contributed by atoms with van der Waals surface area (Å²) in [6, 6.07) is 23.1. The summed E-state index contributed by atoms with van der Waals surface area (Å²) in [4.78, 5) is 11.3. The molecular weight excluding hydrogens is 437 g/mol. The highest BCUT2D eigenvalue weighted by Gasteiger charge is 2.45. The predicted molar refractivity (Wildman–Crippen MR) is 125 cm³/mol. The molecule has 0 heterocycles. The van der Waals surface area contributed by atoms with Crippen LogP contribution in [0.15, 0.2) is 78.9 Å². The van der Waals surface area contributed by atoms with Gasteiger partial charge in [0.2, 0.25) is 0 Å². The van der Waals surface area contributed by atoms with E-state index in [2.05, 4.69) is 5.32 Å². The maximum absolute atomic E-state index is 11.3. The first-order valence-corrected chi connectivity index (χ1v) is 10.4. The monoisotopic (exact) mass is 461 g/mol. The molecule has 0 saturated heterocycles. The second-order valence-corrected chi connectivity index (χ2v) is 7.41. The van der Waals surface area contributed by atoms with Gasteiger partial charge in [0.05, 0.1) is 10.7 Å². The van der Waals surface area contributed by atoms with E-state index in [-0.39, 0.29) is 0 Å². The number of carboxylic acids is 1. The van der Waals surface area contributed by atoms with Crippen LogP contribution in [0.25, 0.3) is 0 Å². The summed E-state index contributed by atoms with van der Waals surface area (Å²) >= 11 is 11.6. The fourth-order valence-corrected chi connectivity index (χ4v) is 3.67. The minimum absolute atomic E-state index is 0.587. The van der Waals surface area contributed by atoms with Crippen molar-refractivity contribution < 1.29 is 19.7 Å². The molecule has 0 bridgehead atoms. The van der Waals surface area contributed by atoms with Crippen molar-refractivity contribution in [3.63, 3.8) is 0 Å². The van der Waals surface area contributed by atoms with E-state index in [0.29, 0.717) is 21.2 Å². The van der Waals surface area contributed by atoms with Gasteiger partial charge < -0.3 is 20.3 Å². The Labute approximate surface area is 192 Å². The van der Waals surface area contributed by atoms with Gasteiger partial charge in [-0.1, -0.05) is 83.9 Å². The van der Waals surface area contributed by atoms with Crippen molar-refractivity contribution in [2.24, 2.45) is 0 Å². The average molecular weight is 462 g/mol. The number of ether oxygens (including phenoxy) is 1. The van der Waals surface area contributed by atoms with Crippen LogP contribution in [0.5, 0.6) is 0 Å². The zero-order chi connectivity index (χ0) is 22.9. The number of aliphatic carboxylic acids is 1. The molecule has 5 nitrogen and oxygen atoms in total. The van der Waals surface area contributed by atoms with Crippen molar-refractivity contribution in [3.05, 3.63) is 100 Å². The third-order valence-electron chi connectivity index (χ3n) is 4.64. The van der Waals surface area contributed by atoms with Crippen molar-refractivity contribution in [2.45, 2.75) is 18.6 Å². The van der Waals surface area contributed by atoms with Crippen molar-refractivity contribution in [3.8, 4) is 0 Å². The Morgan fingerprint density at radius 2 is 1.52 bits per heavy atom. The number of aliphatic hydroxyl groups is 1. The zero-order valence-corrected chi connectivity index (χ0v) is 18.8. The number of hydrogen-bond acceptors (Lipinski definition) is 4. The summed E-state index contributed by atoms with van der Waals surface area (Å²) in [6.07, 6.45) is -1.71. The predicted octanol–water partition coefficient (Wildman–Crippen LogP) is 5.45. The number of aliphatic hydroxyl groups excluding tert-OH is 1. The van der Waals surface area contributed by atoms with E-state index in [1.165, 1.54) is 7.11 Å². The van der Waals surface area contributed by atoms with Crippen molar-refractivity contribution in [1.82, 2.24) is 0 Å². The summed E-state index contributed by atoms with van der Waals surface area (Å²) in [7, 11) is 1.40. The second-order valence-electron chi connectivity index (χ2n) is 6.57. The molecule has 1 atom stereocenters. The van der Waals surface area contributed by atoms with Crippen LogP contribution in [-0.2, 0) is 15.1 Å². The SMILES string of the molecule is CCNc1ccc(Cl)cc1Cl.COC(c1ccccc1)(c1ccccc1)[C@@H](O)C(=O)O. The smallest absolute Gasteiger partial charge is 0.336 e. The highest BCUT2D eigenvalue weighted by molar-refractivity contribution is 6.36. The van der Waals surface area contributed by atoms with Gasteiger partial charge >= 0.3 is 5.97 Å². The third-order valence-corrected chi connectivity index (χ3v) is 5.19. The van der Waals surface area contributed by atoms with Crippen LogP contribution in [0.2, 0.25) is 10.0 Å². The highest BCUT2D eigenvalue weighted by Crippen LogP contribution is 2.36. The topological polar surface area (TPSA) is 78.8 Å². The van der Waals surface area contributed by atoms with Crippen molar-refractivity contribution in [1.29, 1.82) is 0 Å². The van der Waals surface area contributed by atoms with Crippen LogP contribution in [0, 0.1) is 0 Å². The van der Waals surface area contributed by atoms with Crippen LogP contribution in [0.4, 0.5) is 5.69 Å². The van der Waals surface area contributed by atoms with Gasteiger partial charge in [0.25, 0.3) is 0 Å². The molecule has 0 fully saturated rings. The lowest BCUT2D eigenvalue weighted by molar-refractivity contribution is -0.163. The van der Waals surface area contributed by atoms with Crippen LogP contribution < -0.4 is 5.32 Å². The lowest BCUT2D eigenvalue weighted by Crippen LogP contribution is -2.47. The molecule has 0 aromatic heterocycles. The quantitative estimate of drug-likeness (QED) is 0.436. The fourth-order valence-electron chi connectivity index (χ4n) is 3.20. The number of benzene rings is 3. The van der Waals surface area contributed by atoms with Gasteiger partial charge in [-0.2, -0.15) is 0 Å². The number of hydrogen-bond donors (Lipinski definition) is 3. The normalized spacial score (nSPS) is 11.8. The van der Waals surface area contributed by atoms with Gasteiger partial charge in [0.1, 0.15) is 0 Å². The minimum atomic E-state index is -1.71. The van der Waals surface area contributed by atoms with E-state index in [9.17, 15) is 15.0 Å². The molecule has 0 amide bonds. The number of rotatable bonds is 7. The van der Waals surface area contributed by atoms with E-state index in [1.807, 2.05) is 31.2 Å². The summed E-state index contributed by atoms with van der Waals surface area (Å²) < 4.78 is 5.50. The highest BCUT2D eigenvalue weighted by atomic mass is 35.5. The molecule has 0 saturated carbocycles. The molecule has 3 aromatic rings. The molecule has 3 rings (SSSR count). The average Bonchev–Trinajstić information content (AvgIpc) is 2.78. The Morgan fingerprint density at radius 3 is 1.90 bits per heavy atom. The number of methoxy groups -OCH3 is 1. The largest absolute Gasteiger partial charge is 0.479 e. The van der Waals surface area contributed by atoms with Crippen LogP contribution in [-0.4, -0.2) is 35.9 Å². The minimum Gasteiger partial charge on any atom is -0.479 e. The number of carboxylic acid groups (broad SMARTS) is 1. The van der Waals surface area contributed by atoms with E-state index in [0.717, 1.165) is 12.2 Å². The molecule has 3 aromatic carbocycles. The van der Waals surface area contributed by atoms with Gasteiger partial charge in [-0.15, -0.1) is 0 Å². The second kappa shape index (κ2) is 11.7. The number of halogens is 2. The van der Waals surface area contributed by atoms with Crippen LogP contribution >= 0.6 is 23.2 Å². The molecule has 3 N–H and O–H groups in total. The standard InChI is InChI=1S/C16H16O4.C8H9Cl2N/c1-20-16(14(17)15(18)19,12-8-4-2-5-9-12)13-10-6-3-7-11-13;1-2-11-8-4-3-6(9)5-7(8)10/h2-11,14,17H,1H3,(H,18,19);3-5,11H,2H2,1H3/t14-;/m0./s1. The summed E-state index contributed by atoms with van der Waals surface area (Å²) in [5, 5.41) is 23.9. The molecule has 164 valence electrons. The Kier molecular flexibility index (Phi) is 9.34. The Hall–Kier alpha value is -2.57. The zero-order valence-electron chi connectivity index (χ0n) is 17.3. The fraction of sp³-hybridized carbons (Fsp3) is 0.208. The number of anilines is 1. The maximum Gasteiger partial charge on any atom is 0.336 e. The Balaban J connectivity index is 0.000000262. The van der Waals surface area contributed by atoms with Crippen molar-refractivity contribution in [2.75, 3.05) is 19.0 Å².